The maximum absolute atomic E-state index is 12.0. The third kappa shape index (κ3) is 2.93. The van der Waals surface area contributed by atoms with Crippen LogP contribution in [0.3, 0.4) is 0 Å². The molecule has 0 aromatic heterocycles. The molecular weight excluding hydrogens is 268 g/mol. The molecule has 1 aromatic rings. The molecule has 0 N–H and O–H groups in total. The molecule has 0 radical (unpaired) electrons. The van der Waals surface area contributed by atoms with Gasteiger partial charge in [-0.25, -0.2) is 8.42 Å². The maximum atomic E-state index is 12.0. The Labute approximate surface area is 104 Å². The molecule has 0 heterocycles. The van der Waals surface area contributed by atoms with E-state index in [1.165, 1.54) is 25.2 Å². The molecule has 0 spiro atoms. The van der Waals surface area contributed by atoms with E-state index in [-0.39, 0.29) is 17.3 Å². The summed E-state index contributed by atoms with van der Waals surface area (Å²) in [7, 11) is -2.54. The fourth-order valence-corrected chi connectivity index (χ4v) is 2.91. The molecule has 6 nitrogen and oxygen atoms in total. The van der Waals surface area contributed by atoms with Gasteiger partial charge in [0.15, 0.2) is 4.90 Å². The lowest BCUT2D eigenvalue weighted by molar-refractivity contribution is -0.387. The highest BCUT2D eigenvalue weighted by Crippen LogP contribution is 2.25. The van der Waals surface area contributed by atoms with Gasteiger partial charge in [-0.15, -0.1) is 11.6 Å². The number of nitro benzene ring substituents is 1. The molecule has 0 aliphatic carbocycles. The lowest BCUT2D eigenvalue weighted by Crippen LogP contribution is -2.29. The summed E-state index contributed by atoms with van der Waals surface area (Å²) >= 11 is 5.45. The predicted molar refractivity (Wildman–Crippen MR) is 63.6 cm³/mol. The largest absolute Gasteiger partial charge is 0.289 e. The van der Waals surface area contributed by atoms with Crippen molar-refractivity contribution in [3.05, 3.63) is 34.4 Å². The molecule has 0 fully saturated rings. The summed E-state index contributed by atoms with van der Waals surface area (Å²) in [5, 5.41) is 10.7. The smallest absolute Gasteiger partial charge is 0.258 e. The molecule has 0 aliphatic rings. The number of nitro groups is 1. The molecule has 0 bridgehead atoms. The Hall–Kier alpha value is -1.18. The summed E-state index contributed by atoms with van der Waals surface area (Å²) < 4.78 is 25.0. The van der Waals surface area contributed by atoms with Crippen molar-refractivity contribution in [1.29, 1.82) is 0 Å². The monoisotopic (exact) mass is 278 g/mol. The average molecular weight is 279 g/mol. The molecule has 1 aromatic carbocycles. The number of hydrogen-bond donors (Lipinski definition) is 0. The molecule has 0 saturated heterocycles. The second-order valence-corrected chi connectivity index (χ2v) is 5.63. The highest BCUT2D eigenvalue weighted by Gasteiger charge is 2.28. The van der Waals surface area contributed by atoms with Crippen molar-refractivity contribution in [1.82, 2.24) is 4.31 Å². The van der Waals surface area contributed by atoms with E-state index in [2.05, 4.69) is 0 Å². The fourth-order valence-electron chi connectivity index (χ4n) is 1.23. The Morgan fingerprint density at radius 1 is 1.41 bits per heavy atom. The first-order valence-electron chi connectivity index (χ1n) is 4.67. The Morgan fingerprint density at radius 3 is 2.53 bits per heavy atom. The Morgan fingerprint density at radius 2 is 2.00 bits per heavy atom. The molecule has 8 heteroatoms. The second kappa shape index (κ2) is 5.44. The zero-order valence-electron chi connectivity index (χ0n) is 9.04. The number of para-hydroxylation sites is 1. The number of rotatable bonds is 5. The maximum Gasteiger partial charge on any atom is 0.289 e. The van der Waals surface area contributed by atoms with Crippen LogP contribution in [0, 0.1) is 10.1 Å². The standard InChI is InChI=1S/C9H11ClN2O4S/c1-11(7-6-10)17(15,16)9-5-3-2-4-8(9)12(13)14/h2-5H,6-7H2,1H3. The third-order valence-corrected chi connectivity index (χ3v) is 4.22. The van der Waals surface area contributed by atoms with Crippen molar-refractivity contribution in [2.75, 3.05) is 19.5 Å². The topological polar surface area (TPSA) is 80.5 Å². The first kappa shape index (κ1) is 13.9. The summed E-state index contributed by atoms with van der Waals surface area (Å²) in [5.74, 6) is 0.121. The molecule has 17 heavy (non-hydrogen) atoms. The van der Waals surface area contributed by atoms with Gasteiger partial charge in [0.25, 0.3) is 5.69 Å². The molecule has 94 valence electrons. The lowest BCUT2D eigenvalue weighted by atomic mass is 10.3. The quantitative estimate of drug-likeness (QED) is 0.464. The van der Waals surface area contributed by atoms with Gasteiger partial charge in [-0.05, 0) is 6.07 Å². The zero-order chi connectivity index (χ0) is 13.1. The molecule has 0 aliphatic heterocycles. The Balaban J connectivity index is 3.29. The van der Waals surface area contributed by atoms with Crippen LogP contribution in [-0.2, 0) is 10.0 Å². The lowest BCUT2D eigenvalue weighted by Gasteiger charge is -2.15. The van der Waals surface area contributed by atoms with Crippen LogP contribution in [-0.4, -0.2) is 37.1 Å². The first-order chi connectivity index (χ1) is 7.91. The second-order valence-electron chi connectivity index (χ2n) is 3.24. The van der Waals surface area contributed by atoms with Crippen LogP contribution < -0.4 is 0 Å². The van der Waals surface area contributed by atoms with Crippen LogP contribution in [0.15, 0.2) is 29.2 Å². The van der Waals surface area contributed by atoms with Crippen molar-refractivity contribution in [2.24, 2.45) is 0 Å². The highest BCUT2D eigenvalue weighted by atomic mass is 35.5. The highest BCUT2D eigenvalue weighted by molar-refractivity contribution is 7.89. The van der Waals surface area contributed by atoms with Crippen molar-refractivity contribution in [2.45, 2.75) is 4.90 Å². The number of sulfonamides is 1. The third-order valence-electron chi connectivity index (χ3n) is 2.15. The summed E-state index contributed by atoms with van der Waals surface area (Å²) in [6, 6.07) is 5.22. The minimum atomic E-state index is -3.87. The van der Waals surface area contributed by atoms with E-state index in [0.29, 0.717) is 0 Å². The summed E-state index contributed by atoms with van der Waals surface area (Å²) in [5.41, 5.74) is -0.436. The van der Waals surface area contributed by atoms with E-state index < -0.39 is 20.6 Å². The average Bonchev–Trinajstić information content (AvgIpc) is 2.29. The van der Waals surface area contributed by atoms with E-state index in [4.69, 9.17) is 11.6 Å². The van der Waals surface area contributed by atoms with Crippen LogP contribution in [0.25, 0.3) is 0 Å². The molecule has 0 atom stereocenters. The van der Waals surface area contributed by atoms with Crippen molar-refractivity contribution >= 4 is 27.3 Å². The van der Waals surface area contributed by atoms with Gasteiger partial charge < -0.3 is 0 Å². The summed E-state index contributed by atoms with van der Waals surface area (Å²) in [6.45, 7) is 0.0932. The van der Waals surface area contributed by atoms with Gasteiger partial charge in [0.1, 0.15) is 0 Å². The van der Waals surface area contributed by atoms with E-state index in [0.717, 1.165) is 10.4 Å². The number of halogens is 1. The van der Waals surface area contributed by atoms with Crippen LogP contribution in [0.5, 0.6) is 0 Å². The summed E-state index contributed by atoms with van der Waals surface area (Å²) in [6.07, 6.45) is 0. The van der Waals surface area contributed by atoms with Gasteiger partial charge in [0.2, 0.25) is 10.0 Å². The van der Waals surface area contributed by atoms with E-state index in [9.17, 15) is 18.5 Å². The number of alkyl halides is 1. The van der Waals surface area contributed by atoms with Gasteiger partial charge in [-0.2, -0.15) is 4.31 Å². The van der Waals surface area contributed by atoms with Crippen molar-refractivity contribution in [3.8, 4) is 0 Å². The normalized spacial score (nSPS) is 11.7. The van der Waals surface area contributed by atoms with Crippen molar-refractivity contribution in [3.63, 3.8) is 0 Å². The number of benzene rings is 1. The summed E-state index contributed by atoms with van der Waals surface area (Å²) in [4.78, 5) is 9.70. The van der Waals surface area contributed by atoms with E-state index >= 15 is 0 Å². The first-order valence-corrected chi connectivity index (χ1v) is 6.64. The SMILES string of the molecule is CN(CCCl)S(=O)(=O)c1ccccc1[N+](=O)[O-]. The molecule has 0 amide bonds. The molecular formula is C9H11ClN2O4S. The van der Waals surface area contributed by atoms with Crippen LogP contribution in [0.2, 0.25) is 0 Å². The minimum Gasteiger partial charge on any atom is -0.258 e. The Kier molecular flexibility index (Phi) is 4.44. The van der Waals surface area contributed by atoms with Gasteiger partial charge in [-0.3, -0.25) is 10.1 Å². The fraction of sp³-hybridized carbons (Fsp3) is 0.333. The van der Waals surface area contributed by atoms with Crippen molar-refractivity contribution < 1.29 is 13.3 Å². The molecule has 1 rings (SSSR count). The van der Waals surface area contributed by atoms with E-state index in [1.807, 2.05) is 0 Å². The van der Waals surface area contributed by atoms with Gasteiger partial charge in [0.05, 0.1) is 4.92 Å². The van der Waals surface area contributed by atoms with E-state index in [1.54, 1.807) is 0 Å². The Bertz CT molecular complexity index is 517. The van der Waals surface area contributed by atoms with Crippen LogP contribution in [0.1, 0.15) is 0 Å². The molecule has 0 unspecified atom stereocenters. The number of hydrogen-bond acceptors (Lipinski definition) is 4. The van der Waals surface area contributed by atoms with Gasteiger partial charge in [-0.1, -0.05) is 12.1 Å². The predicted octanol–water partition coefficient (Wildman–Crippen LogP) is 1.45. The van der Waals surface area contributed by atoms with Crippen LogP contribution in [0.4, 0.5) is 5.69 Å². The van der Waals surface area contributed by atoms with Gasteiger partial charge >= 0.3 is 0 Å². The zero-order valence-corrected chi connectivity index (χ0v) is 10.6. The number of nitrogens with zero attached hydrogens (tertiary/aromatic N) is 2. The minimum absolute atomic E-state index is 0.0932. The van der Waals surface area contributed by atoms with Crippen LogP contribution >= 0.6 is 11.6 Å². The van der Waals surface area contributed by atoms with Gasteiger partial charge in [0, 0.05) is 25.5 Å². The molecule has 0 saturated carbocycles.